The van der Waals surface area contributed by atoms with Gasteiger partial charge in [0, 0.05) is 6.04 Å². The number of hydrogen-bond acceptors (Lipinski definition) is 1. The molecule has 1 saturated heterocycles. The molecule has 2 rings (SSSR count). The Hall–Kier alpha value is -0.240. The van der Waals surface area contributed by atoms with E-state index < -0.39 is 0 Å². The predicted octanol–water partition coefficient (Wildman–Crippen LogP) is 3.34. The number of benzene rings is 1. The van der Waals surface area contributed by atoms with Gasteiger partial charge in [0.15, 0.2) is 0 Å². The quantitative estimate of drug-likeness (QED) is 0.785. The van der Waals surface area contributed by atoms with Gasteiger partial charge in [0.1, 0.15) is 0 Å². The smallest absolute Gasteiger partial charge is 0.0320 e. The second-order valence-corrected chi connectivity index (χ2v) is 3.41. The summed E-state index contributed by atoms with van der Waals surface area (Å²) >= 11 is 0. The number of hydrogen-bond donors (Lipinski definition) is 1. The lowest BCUT2D eigenvalue weighted by Gasteiger charge is -2.23. The van der Waals surface area contributed by atoms with E-state index in [-0.39, 0.29) is 24.8 Å². The number of nitrogens with one attached hydrogen (secondary N) is 1. The van der Waals surface area contributed by atoms with Gasteiger partial charge in [0.2, 0.25) is 0 Å². The Balaban J connectivity index is 0.000000845. The molecule has 1 aromatic carbocycles. The summed E-state index contributed by atoms with van der Waals surface area (Å²) in [6.45, 7) is 1.18. The van der Waals surface area contributed by atoms with E-state index in [2.05, 4.69) is 35.6 Å². The van der Waals surface area contributed by atoms with Gasteiger partial charge in [-0.3, -0.25) is 0 Å². The van der Waals surface area contributed by atoms with Crippen molar-refractivity contribution in [2.75, 3.05) is 6.54 Å². The predicted molar refractivity (Wildman–Crippen MR) is 65.5 cm³/mol. The summed E-state index contributed by atoms with van der Waals surface area (Å²) in [6.07, 6.45) is 4.00. The van der Waals surface area contributed by atoms with E-state index in [0.717, 1.165) is 0 Å². The fourth-order valence-corrected chi connectivity index (χ4v) is 1.82. The van der Waals surface area contributed by atoms with E-state index in [4.69, 9.17) is 0 Å². The molecule has 1 aromatic rings. The molecule has 1 fully saturated rings. The van der Waals surface area contributed by atoms with Crippen LogP contribution in [0.3, 0.4) is 0 Å². The number of piperidine rings is 1. The fraction of sp³-hybridized carbons (Fsp3) is 0.455. The highest BCUT2D eigenvalue weighted by Crippen LogP contribution is 2.21. The van der Waals surface area contributed by atoms with Crippen LogP contribution in [-0.2, 0) is 0 Å². The lowest BCUT2D eigenvalue weighted by molar-refractivity contribution is 0.412. The highest BCUT2D eigenvalue weighted by molar-refractivity contribution is 5.85. The topological polar surface area (TPSA) is 12.0 Å². The molecule has 80 valence electrons. The Morgan fingerprint density at radius 2 is 1.71 bits per heavy atom. The summed E-state index contributed by atoms with van der Waals surface area (Å²) in [4.78, 5) is 0. The molecule has 1 heterocycles. The van der Waals surface area contributed by atoms with Crippen molar-refractivity contribution in [1.29, 1.82) is 0 Å². The van der Waals surface area contributed by atoms with Crippen molar-refractivity contribution in [3.63, 3.8) is 0 Å². The van der Waals surface area contributed by atoms with Crippen molar-refractivity contribution in [1.82, 2.24) is 5.32 Å². The summed E-state index contributed by atoms with van der Waals surface area (Å²) < 4.78 is 0. The van der Waals surface area contributed by atoms with Gasteiger partial charge < -0.3 is 5.32 Å². The first kappa shape index (κ1) is 13.8. The van der Waals surface area contributed by atoms with Gasteiger partial charge in [-0.05, 0) is 24.9 Å². The Labute approximate surface area is 98.1 Å². The van der Waals surface area contributed by atoms with Gasteiger partial charge in [0.05, 0.1) is 0 Å². The van der Waals surface area contributed by atoms with E-state index in [0.29, 0.717) is 6.04 Å². The van der Waals surface area contributed by atoms with Crippen molar-refractivity contribution >= 4 is 24.8 Å². The molecular formula is C11H17Cl2N. The second kappa shape index (κ2) is 7.10. The normalized spacial score (nSPS) is 20.4. The molecule has 0 radical (unpaired) electrons. The van der Waals surface area contributed by atoms with Crippen molar-refractivity contribution in [2.24, 2.45) is 0 Å². The molecular weight excluding hydrogens is 217 g/mol. The lowest BCUT2D eigenvalue weighted by atomic mass is 9.98. The van der Waals surface area contributed by atoms with Gasteiger partial charge in [-0.1, -0.05) is 36.8 Å². The average molecular weight is 234 g/mol. The minimum absolute atomic E-state index is 0. The molecule has 0 saturated carbocycles. The third-order valence-corrected chi connectivity index (χ3v) is 2.51. The van der Waals surface area contributed by atoms with Crippen molar-refractivity contribution in [2.45, 2.75) is 25.3 Å². The molecule has 1 atom stereocenters. The fourth-order valence-electron chi connectivity index (χ4n) is 1.82. The summed E-state index contributed by atoms with van der Waals surface area (Å²) in [5, 5.41) is 3.54. The summed E-state index contributed by atoms with van der Waals surface area (Å²) in [5.41, 5.74) is 1.44. The maximum atomic E-state index is 3.54. The zero-order valence-electron chi connectivity index (χ0n) is 8.11. The van der Waals surface area contributed by atoms with E-state index in [1.807, 2.05) is 0 Å². The molecule has 0 amide bonds. The van der Waals surface area contributed by atoms with Gasteiger partial charge in [-0.25, -0.2) is 0 Å². The van der Waals surface area contributed by atoms with Crippen LogP contribution in [0, 0.1) is 0 Å². The molecule has 1 nitrogen and oxygen atoms in total. The first-order chi connectivity index (χ1) is 5.97. The minimum atomic E-state index is 0. The highest BCUT2D eigenvalue weighted by atomic mass is 35.5. The SMILES string of the molecule is Cl.Cl.c1ccc(C2CCCCN2)cc1. The van der Waals surface area contributed by atoms with E-state index in [1.54, 1.807) is 0 Å². The van der Waals surface area contributed by atoms with Gasteiger partial charge >= 0.3 is 0 Å². The summed E-state index contributed by atoms with van der Waals surface area (Å²) in [7, 11) is 0. The van der Waals surface area contributed by atoms with Crippen LogP contribution in [0.4, 0.5) is 0 Å². The highest BCUT2D eigenvalue weighted by Gasteiger charge is 2.13. The number of halogens is 2. The maximum Gasteiger partial charge on any atom is 0.0320 e. The molecule has 1 N–H and O–H groups in total. The first-order valence-electron chi connectivity index (χ1n) is 4.75. The molecule has 14 heavy (non-hydrogen) atoms. The van der Waals surface area contributed by atoms with Crippen molar-refractivity contribution in [3.05, 3.63) is 35.9 Å². The molecule has 3 heteroatoms. The monoisotopic (exact) mass is 233 g/mol. The van der Waals surface area contributed by atoms with E-state index in [9.17, 15) is 0 Å². The first-order valence-corrected chi connectivity index (χ1v) is 4.75. The Kier molecular flexibility index (Phi) is 6.98. The Morgan fingerprint density at radius 3 is 2.29 bits per heavy atom. The molecule has 1 unspecified atom stereocenters. The van der Waals surface area contributed by atoms with Crippen LogP contribution in [0.25, 0.3) is 0 Å². The third kappa shape index (κ3) is 3.49. The molecule has 0 aromatic heterocycles. The Morgan fingerprint density at radius 1 is 1.00 bits per heavy atom. The van der Waals surface area contributed by atoms with Gasteiger partial charge in [-0.15, -0.1) is 24.8 Å². The van der Waals surface area contributed by atoms with Crippen LogP contribution in [0.15, 0.2) is 30.3 Å². The van der Waals surface area contributed by atoms with Gasteiger partial charge in [0.25, 0.3) is 0 Å². The molecule has 1 aliphatic heterocycles. The molecule has 0 bridgehead atoms. The van der Waals surface area contributed by atoms with Crippen LogP contribution < -0.4 is 5.32 Å². The lowest BCUT2D eigenvalue weighted by Crippen LogP contribution is -2.26. The second-order valence-electron chi connectivity index (χ2n) is 3.41. The van der Waals surface area contributed by atoms with Crippen molar-refractivity contribution < 1.29 is 0 Å². The van der Waals surface area contributed by atoms with Gasteiger partial charge in [-0.2, -0.15) is 0 Å². The Bertz CT molecular complexity index is 232. The third-order valence-electron chi connectivity index (χ3n) is 2.51. The average Bonchev–Trinajstić information content (AvgIpc) is 2.21. The van der Waals surface area contributed by atoms with Crippen LogP contribution in [0.1, 0.15) is 30.9 Å². The van der Waals surface area contributed by atoms with E-state index in [1.165, 1.54) is 31.4 Å². The molecule has 1 aliphatic rings. The minimum Gasteiger partial charge on any atom is -0.310 e. The van der Waals surface area contributed by atoms with Crippen LogP contribution >= 0.6 is 24.8 Å². The van der Waals surface area contributed by atoms with Crippen LogP contribution in [0.5, 0.6) is 0 Å². The largest absolute Gasteiger partial charge is 0.310 e. The standard InChI is InChI=1S/C11H15N.2ClH/c1-2-6-10(7-3-1)11-8-4-5-9-12-11;;/h1-3,6-7,11-12H,4-5,8-9H2;2*1H. The summed E-state index contributed by atoms with van der Waals surface area (Å²) in [5.74, 6) is 0. The maximum absolute atomic E-state index is 3.54. The molecule has 0 aliphatic carbocycles. The molecule has 0 spiro atoms. The van der Waals surface area contributed by atoms with Crippen LogP contribution in [-0.4, -0.2) is 6.54 Å². The zero-order valence-corrected chi connectivity index (χ0v) is 9.74. The zero-order chi connectivity index (χ0) is 8.23. The van der Waals surface area contributed by atoms with Crippen molar-refractivity contribution in [3.8, 4) is 0 Å². The summed E-state index contributed by atoms with van der Waals surface area (Å²) in [6, 6.07) is 11.3. The number of rotatable bonds is 1. The van der Waals surface area contributed by atoms with Crippen LogP contribution in [0.2, 0.25) is 0 Å². The van der Waals surface area contributed by atoms with E-state index >= 15 is 0 Å².